The average Bonchev–Trinajstić information content (AvgIpc) is 2.62. The van der Waals surface area contributed by atoms with Crippen molar-refractivity contribution in [1.29, 1.82) is 0 Å². The molecule has 1 aliphatic rings. The van der Waals surface area contributed by atoms with Gasteiger partial charge in [-0.2, -0.15) is 0 Å². The first kappa shape index (κ1) is 23.3. The molecule has 0 bridgehead atoms. The molecule has 2 aromatic rings. The molecule has 3 rings (SSSR count). The summed E-state index contributed by atoms with van der Waals surface area (Å²) in [7, 11) is 0. The molecular weight excluding hydrogens is 437 g/mol. The minimum Gasteiger partial charge on any atom is -0.480 e. The lowest BCUT2D eigenvalue weighted by atomic mass is 9.92. The highest BCUT2D eigenvalue weighted by molar-refractivity contribution is 6.35. The van der Waals surface area contributed by atoms with Crippen LogP contribution in [0.2, 0.25) is 10.0 Å². The Morgan fingerprint density at radius 1 is 1.17 bits per heavy atom. The number of nitrogens with two attached hydrogens (primary N) is 1. The molecule has 29 heavy (non-hydrogen) atoms. The van der Waals surface area contributed by atoms with E-state index in [9.17, 15) is 14.7 Å². The topological polar surface area (TPSA) is 104 Å². The zero-order valence-electron chi connectivity index (χ0n) is 15.5. The van der Waals surface area contributed by atoms with Gasteiger partial charge in [0.05, 0.1) is 12.5 Å². The van der Waals surface area contributed by atoms with Crippen LogP contribution in [0.3, 0.4) is 0 Å². The third-order valence-corrected chi connectivity index (χ3v) is 5.23. The minimum absolute atomic E-state index is 0. The quantitative estimate of drug-likeness (QED) is 0.529. The van der Waals surface area contributed by atoms with Gasteiger partial charge in [0.15, 0.2) is 0 Å². The first-order chi connectivity index (χ1) is 13.4. The molecule has 0 radical (unpaired) electrons. The smallest absolute Gasteiger partial charge is 0.326 e. The zero-order valence-corrected chi connectivity index (χ0v) is 17.8. The van der Waals surface area contributed by atoms with Crippen LogP contribution in [0.25, 0.3) is 0 Å². The fourth-order valence-corrected chi connectivity index (χ4v) is 4.00. The molecular formula is C20H22Cl3N3O3. The number of halogens is 3. The van der Waals surface area contributed by atoms with Gasteiger partial charge in [0.25, 0.3) is 0 Å². The second-order valence-corrected chi connectivity index (χ2v) is 7.62. The summed E-state index contributed by atoms with van der Waals surface area (Å²) in [5, 5.41) is 16.0. The number of rotatable bonds is 6. The number of carboxylic acid groups (broad SMARTS) is 1. The monoisotopic (exact) mass is 457 g/mol. The molecule has 0 saturated carbocycles. The molecule has 5 N–H and O–H groups in total. The van der Waals surface area contributed by atoms with E-state index < -0.39 is 18.1 Å². The molecule has 1 amide bonds. The average molecular weight is 459 g/mol. The van der Waals surface area contributed by atoms with E-state index in [1.165, 1.54) is 0 Å². The Morgan fingerprint density at radius 2 is 1.83 bits per heavy atom. The number of benzene rings is 2. The molecule has 1 aliphatic heterocycles. The number of nitrogens with one attached hydrogen (secondary N) is 2. The van der Waals surface area contributed by atoms with Crippen molar-refractivity contribution in [2.45, 2.75) is 31.3 Å². The predicted molar refractivity (Wildman–Crippen MR) is 117 cm³/mol. The molecule has 0 fully saturated rings. The Kier molecular flexibility index (Phi) is 8.16. The maximum absolute atomic E-state index is 12.6. The number of amides is 1. The minimum atomic E-state index is -1.00. The van der Waals surface area contributed by atoms with Gasteiger partial charge in [0.1, 0.15) is 6.04 Å². The number of carbonyl (C=O) groups excluding carboxylic acids is 1. The van der Waals surface area contributed by atoms with Crippen LogP contribution in [-0.4, -0.2) is 29.6 Å². The van der Waals surface area contributed by atoms with Crippen molar-refractivity contribution in [1.82, 2.24) is 5.32 Å². The van der Waals surface area contributed by atoms with Crippen molar-refractivity contribution in [3.05, 3.63) is 63.1 Å². The van der Waals surface area contributed by atoms with Gasteiger partial charge in [0.2, 0.25) is 5.91 Å². The number of carbonyl (C=O) groups is 2. The van der Waals surface area contributed by atoms with Crippen molar-refractivity contribution in [2.24, 2.45) is 5.73 Å². The van der Waals surface area contributed by atoms with Crippen molar-refractivity contribution >= 4 is 53.2 Å². The van der Waals surface area contributed by atoms with Gasteiger partial charge in [-0.3, -0.25) is 4.79 Å². The molecule has 0 saturated heterocycles. The summed E-state index contributed by atoms with van der Waals surface area (Å²) in [5.74, 6) is -1.21. The summed E-state index contributed by atoms with van der Waals surface area (Å²) in [5.41, 5.74) is 8.70. The summed E-state index contributed by atoms with van der Waals surface area (Å²) in [6, 6.07) is 9.53. The van der Waals surface area contributed by atoms with Crippen LogP contribution in [0.1, 0.15) is 29.2 Å². The fourth-order valence-electron chi connectivity index (χ4n) is 3.37. The summed E-state index contributed by atoms with van der Waals surface area (Å²) in [4.78, 5) is 24.1. The lowest BCUT2D eigenvalue weighted by Gasteiger charge is -2.32. The van der Waals surface area contributed by atoms with Gasteiger partial charge in [-0.15, -0.1) is 12.4 Å². The molecule has 2 atom stereocenters. The number of carboxylic acids is 1. The lowest BCUT2D eigenvalue weighted by molar-refractivity contribution is -0.138. The summed E-state index contributed by atoms with van der Waals surface area (Å²) in [6.45, 7) is 0.574. The molecule has 0 aromatic heterocycles. The Balaban J connectivity index is 0.00000300. The first-order valence-electron chi connectivity index (χ1n) is 8.93. The third kappa shape index (κ3) is 5.76. The number of hydrogen-bond acceptors (Lipinski definition) is 4. The van der Waals surface area contributed by atoms with E-state index >= 15 is 0 Å². The highest BCUT2D eigenvalue weighted by atomic mass is 35.5. The van der Waals surface area contributed by atoms with E-state index in [1.807, 2.05) is 24.3 Å². The molecule has 2 aromatic carbocycles. The molecule has 156 valence electrons. The second kappa shape index (κ2) is 10.2. The molecule has 0 aliphatic carbocycles. The van der Waals surface area contributed by atoms with Crippen molar-refractivity contribution in [3.63, 3.8) is 0 Å². The van der Waals surface area contributed by atoms with Crippen LogP contribution < -0.4 is 16.4 Å². The molecule has 9 heteroatoms. The SMILES string of the molecule is Cl.NCCc1ccc(CC(=O)N[C@H]2C[C@H](C(=O)O)Nc3cc(Cl)cc(Cl)c32)cc1. The highest BCUT2D eigenvalue weighted by Gasteiger charge is 2.33. The van der Waals surface area contributed by atoms with E-state index in [0.717, 1.165) is 17.5 Å². The van der Waals surface area contributed by atoms with Crippen LogP contribution >= 0.6 is 35.6 Å². The van der Waals surface area contributed by atoms with E-state index in [0.29, 0.717) is 27.8 Å². The largest absolute Gasteiger partial charge is 0.480 e. The molecule has 1 heterocycles. The second-order valence-electron chi connectivity index (χ2n) is 6.77. The Hall–Kier alpha value is -1.99. The normalized spacial score (nSPS) is 17.5. The lowest BCUT2D eigenvalue weighted by Crippen LogP contribution is -2.41. The maximum Gasteiger partial charge on any atom is 0.326 e. The van der Waals surface area contributed by atoms with Crippen molar-refractivity contribution in [3.8, 4) is 0 Å². The standard InChI is InChI=1S/C20H21Cl2N3O3.ClH/c21-13-8-14(22)19-15(9-13)24-17(20(27)28)10-16(19)25-18(26)7-12-3-1-11(2-4-12)5-6-23;/h1-4,8-9,16-17,24H,5-7,10,23H2,(H,25,26)(H,27,28);1H/t16-,17+;/m0./s1. The maximum atomic E-state index is 12.6. The number of anilines is 1. The summed E-state index contributed by atoms with van der Waals surface area (Å²) < 4.78 is 0. The van der Waals surface area contributed by atoms with E-state index in [1.54, 1.807) is 12.1 Å². The van der Waals surface area contributed by atoms with Gasteiger partial charge in [-0.05, 0) is 36.2 Å². The zero-order chi connectivity index (χ0) is 20.3. The molecule has 0 spiro atoms. The van der Waals surface area contributed by atoms with Crippen LogP contribution in [0.5, 0.6) is 0 Å². The van der Waals surface area contributed by atoms with Gasteiger partial charge in [-0.25, -0.2) is 4.79 Å². The van der Waals surface area contributed by atoms with Gasteiger partial charge >= 0.3 is 5.97 Å². The summed E-state index contributed by atoms with van der Waals surface area (Å²) >= 11 is 12.4. The first-order valence-corrected chi connectivity index (χ1v) is 9.68. The van der Waals surface area contributed by atoms with Gasteiger partial charge in [0, 0.05) is 27.7 Å². The fraction of sp³-hybridized carbons (Fsp3) is 0.300. The van der Waals surface area contributed by atoms with Crippen molar-refractivity contribution < 1.29 is 14.7 Å². The predicted octanol–water partition coefficient (Wildman–Crippen LogP) is 3.59. The number of fused-ring (bicyclic) bond motifs is 1. The van der Waals surface area contributed by atoms with Crippen molar-refractivity contribution in [2.75, 3.05) is 11.9 Å². The molecule has 0 unspecified atom stereocenters. The van der Waals surface area contributed by atoms with E-state index in [2.05, 4.69) is 10.6 Å². The third-order valence-electron chi connectivity index (χ3n) is 4.70. The van der Waals surface area contributed by atoms with Crippen LogP contribution in [0.4, 0.5) is 5.69 Å². The van der Waals surface area contributed by atoms with Crippen LogP contribution in [0, 0.1) is 0 Å². The summed E-state index contributed by atoms with van der Waals surface area (Å²) in [6.07, 6.45) is 1.16. The van der Waals surface area contributed by atoms with Crippen LogP contribution in [-0.2, 0) is 22.4 Å². The van der Waals surface area contributed by atoms with Gasteiger partial charge in [-0.1, -0.05) is 47.5 Å². The number of hydrogen-bond donors (Lipinski definition) is 4. The highest BCUT2D eigenvalue weighted by Crippen LogP contribution is 2.39. The van der Waals surface area contributed by atoms with Crippen LogP contribution in [0.15, 0.2) is 36.4 Å². The Labute approximate surface area is 185 Å². The van der Waals surface area contributed by atoms with E-state index in [-0.39, 0.29) is 31.2 Å². The molecule has 6 nitrogen and oxygen atoms in total. The Morgan fingerprint density at radius 3 is 2.45 bits per heavy atom. The Bertz CT molecular complexity index is 891. The number of aliphatic carboxylic acids is 1. The van der Waals surface area contributed by atoms with E-state index in [4.69, 9.17) is 28.9 Å². The van der Waals surface area contributed by atoms with Gasteiger partial charge < -0.3 is 21.5 Å².